The summed E-state index contributed by atoms with van der Waals surface area (Å²) in [6, 6.07) is 66.0. The molecule has 0 spiro atoms. The Morgan fingerprint density at radius 3 is 1.74 bits per heavy atom. The van der Waals surface area contributed by atoms with Gasteiger partial charge in [0.2, 0.25) is 5.95 Å². The van der Waals surface area contributed by atoms with Crippen LogP contribution in [0.4, 0.5) is 0 Å². The molecule has 1 aliphatic rings. The molecule has 0 radical (unpaired) electrons. The van der Waals surface area contributed by atoms with Crippen molar-refractivity contribution in [1.82, 2.24) is 19.1 Å². The van der Waals surface area contributed by atoms with E-state index >= 15 is 0 Å². The van der Waals surface area contributed by atoms with E-state index in [4.69, 9.17) is 9.97 Å². The van der Waals surface area contributed by atoms with E-state index in [0.717, 1.165) is 51.0 Å². The Hall–Kier alpha value is -7.34. The van der Waals surface area contributed by atoms with E-state index in [9.17, 15) is 0 Å². The molecule has 0 aliphatic heterocycles. The average Bonchev–Trinajstić information content (AvgIpc) is 4.04. The van der Waals surface area contributed by atoms with E-state index in [-0.39, 0.29) is 0 Å². The van der Waals surface area contributed by atoms with Gasteiger partial charge in [-0.25, -0.2) is 9.97 Å². The third-order valence-electron chi connectivity index (χ3n) is 12.2. The van der Waals surface area contributed by atoms with Crippen LogP contribution in [-0.2, 0) is 6.42 Å². The number of para-hydroxylation sites is 3. The normalized spacial score (nSPS) is 12.4. The van der Waals surface area contributed by atoms with Crippen LogP contribution < -0.4 is 0 Å². The molecule has 0 saturated carbocycles. The van der Waals surface area contributed by atoms with Gasteiger partial charge in [0.15, 0.2) is 0 Å². The van der Waals surface area contributed by atoms with Gasteiger partial charge in [0.05, 0.1) is 33.5 Å². The topological polar surface area (TPSA) is 35.6 Å². The van der Waals surface area contributed by atoms with Gasteiger partial charge in [0.25, 0.3) is 0 Å². The zero-order valence-corrected chi connectivity index (χ0v) is 32.0. The molecule has 0 N–H and O–H groups in total. The van der Waals surface area contributed by atoms with Crippen LogP contribution in [-0.4, -0.2) is 19.1 Å². The van der Waals surface area contributed by atoms with Crippen molar-refractivity contribution in [1.29, 1.82) is 0 Å². The summed E-state index contributed by atoms with van der Waals surface area (Å²) in [4.78, 5) is 11.1. The summed E-state index contributed by atoms with van der Waals surface area (Å²) in [5, 5.41) is 7.36. The first-order valence-electron chi connectivity index (χ1n) is 19.8. The monoisotopic (exact) mass is 756 g/mol. The third kappa shape index (κ3) is 4.50. The zero-order chi connectivity index (χ0) is 37.9. The lowest BCUT2D eigenvalue weighted by Gasteiger charge is -2.14. The summed E-state index contributed by atoms with van der Waals surface area (Å²) in [7, 11) is 0. The summed E-state index contributed by atoms with van der Waals surface area (Å²) >= 11 is 1.84. The van der Waals surface area contributed by atoms with E-state index in [1.165, 1.54) is 69.6 Å². The van der Waals surface area contributed by atoms with Crippen molar-refractivity contribution in [2.75, 3.05) is 0 Å². The smallest absolute Gasteiger partial charge is 0.235 e. The van der Waals surface area contributed by atoms with Crippen LogP contribution in [0.15, 0.2) is 182 Å². The maximum Gasteiger partial charge on any atom is 0.235 e. The highest BCUT2D eigenvalue weighted by Gasteiger charge is 2.24. The molecule has 4 aromatic heterocycles. The fourth-order valence-electron chi connectivity index (χ4n) is 9.67. The van der Waals surface area contributed by atoms with E-state index in [1.807, 2.05) is 11.3 Å². The van der Waals surface area contributed by atoms with Crippen LogP contribution in [0.25, 0.3) is 109 Å². The minimum Gasteiger partial charge on any atom is -0.309 e. The van der Waals surface area contributed by atoms with Gasteiger partial charge in [0, 0.05) is 58.5 Å². The minimum absolute atomic E-state index is 0.662. The first-order chi connectivity index (χ1) is 28.8. The maximum absolute atomic E-state index is 5.54. The molecule has 8 aromatic carbocycles. The number of rotatable bonds is 4. The summed E-state index contributed by atoms with van der Waals surface area (Å²) < 4.78 is 7.18. The summed E-state index contributed by atoms with van der Waals surface area (Å²) in [5.74, 6) is 0.662. The molecule has 0 amide bonds. The summed E-state index contributed by atoms with van der Waals surface area (Å²) in [5.41, 5.74) is 15.0. The van der Waals surface area contributed by atoms with E-state index in [2.05, 4.69) is 191 Å². The molecule has 0 unspecified atom stereocenters. The molecule has 5 heteroatoms. The van der Waals surface area contributed by atoms with Gasteiger partial charge >= 0.3 is 0 Å². The largest absolute Gasteiger partial charge is 0.309 e. The highest BCUT2D eigenvalue weighted by atomic mass is 32.1. The zero-order valence-electron chi connectivity index (χ0n) is 31.2. The summed E-state index contributed by atoms with van der Waals surface area (Å²) in [6.45, 7) is 0. The fraction of sp³-hybridized carbons (Fsp3) is 0.0189. The molecule has 0 fully saturated rings. The molecule has 0 atom stereocenters. The van der Waals surface area contributed by atoms with Crippen molar-refractivity contribution in [3.05, 3.63) is 193 Å². The van der Waals surface area contributed by atoms with Crippen LogP contribution in [0.3, 0.4) is 0 Å². The van der Waals surface area contributed by atoms with Crippen LogP contribution in [0.1, 0.15) is 11.1 Å². The van der Waals surface area contributed by atoms with Gasteiger partial charge in [-0.05, 0) is 77.2 Å². The van der Waals surface area contributed by atoms with E-state index in [1.54, 1.807) is 0 Å². The highest BCUT2D eigenvalue weighted by Crippen LogP contribution is 2.44. The van der Waals surface area contributed by atoms with Crippen LogP contribution in [0, 0.1) is 0 Å². The fourth-order valence-corrected chi connectivity index (χ4v) is 10.9. The van der Waals surface area contributed by atoms with Gasteiger partial charge in [-0.15, -0.1) is 11.3 Å². The average molecular weight is 757 g/mol. The Bertz CT molecular complexity index is 3620. The second-order valence-corrected chi connectivity index (χ2v) is 16.4. The lowest BCUT2D eigenvalue weighted by molar-refractivity contribution is 0.994. The number of thiophene rings is 1. The maximum atomic E-state index is 5.54. The quantitative estimate of drug-likeness (QED) is 0.179. The molecule has 12 aromatic rings. The first-order valence-corrected chi connectivity index (χ1v) is 20.6. The first kappa shape index (κ1) is 31.8. The molecule has 58 heavy (non-hydrogen) atoms. The predicted octanol–water partition coefficient (Wildman–Crippen LogP) is 13.9. The van der Waals surface area contributed by atoms with Gasteiger partial charge < -0.3 is 4.57 Å². The van der Waals surface area contributed by atoms with Crippen molar-refractivity contribution >= 4 is 75.1 Å². The lowest BCUT2D eigenvalue weighted by Crippen LogP contribution is -2.05. The van der Waals surface area contributed by atoms with E-state index in [0.29, 0.717) is 5.95 Å². The predicted molar refractivity (Wildman–Crippen MR) is 243 cm³/mol. The Morgan fingerprint density at radius 2 is 0.948 bits per heavy atom. The Kier molecular flexibility index (Phi) is 6.63. The van der Waals surface area contributed by atoms with E-state index < -0.39 is 0 Å². The minimum atomic E-state index is 0.662. The van der Waals surface area contributed by atoms with Gasteiger partial charge in [-0.3, -0.25) is 4.57 Å². The molecule has 13 rings (SSSR count). The van der Waals surface area contributed by atoms with Crippen molar-refractivity contribution in [2.24, 2.45) is 0 Å². The number of aromatic nitrogens is 4. The second-order valence-electron chi connectivity index (χ2n) is 15.3. The number of fused-ring (bicyclic) bond motifs is 12. The van der Waals surface area contributed by atoms with Crippen molar-refractivity contribution in [3.63, 3.8) is 0 Å². The van der Waals surface area contributed by atoms with Gasteiger partial charge in [-0.2, -0.15) is 0 Å². The van der Waals surface area contributed by atoms with Crippen molar-refractivity contribution in [3.8, 4) is 45.3 Å². The van der Waals surface area contributed by atoms with Crippen molar-refractivity contribution < 1.29 is 0 Å². The molecular formula is C53H32N4S. The van der Waals surface area contributed by atoms with Crippen LogP contribution >= 0.6 is 11.3 Å². The molecule has 4 nitrogen and oxygen atoms in total. The standard InChI is InChI=1S/C53H32N4S/c1-2-14-34-32(13-1)29-43-35(34)19-11-20-36(43)45-31-46(42-22-12-21-41-40-18-6-10-26-51(40)58-52(41)42)55-53(54-45)57-49-25-9-5-17-39(49)44-30-33(27-28-50(44)57)56-47-23-7-3-15-37(47)38-16-4-8-24-48(38)56/h1-28,30-31H,29H2. The number of nitrogens with zero attached hydrogens (tertiary/aromatic N) is 4. The molecule has 1 aliphatic carbocycles. The Balaban J connectivity index is 1.08. The lowest BCUT2D eigenvalue weighted by atomic mass is 9.98. The van der Waals surface area contributed by atoms with Crippen molar-refractivity contribution in [2.45, 2.75) is 6.42 Å². The number of hydrogen-bond donors (Lipinski definition) is 0. The number of benzene rings is 8. The number of hydrogen-bond acceptors (Lipinski definition) is 3. The molecule has 0 bridgehead atoms. The van der Waals surface area contributed by atoms with Crippen LogP contribution in [0.5, 0.6) is 0 Å². The van der Waals surface area contributed by atoms with Gasteiger partial charge in [0.1, 0.15) is 0 Å². The van der Waals surface area contributed by atoms with Crippen LogP contribution in [0.2, 0.25) is 0 Å². The third-order valence-corrected chi connectivity index (χ3v) is 13.4. The van der Waals surface area contributed by atoms with Gasteiger partial charge in [-0.1, -0.05) is 133 Å². The highest BCUT2D eigenvalue weighted by molar-refractivity contribution is 7.26. The molecule has 270 valence electrons. The second kappa shape index (κ2) is 12.1. The summed E-state index contributed by atoms with van der Waals surface area (Å²) in [6.07, 6.45) is 0.878. The molecule has 0 saturated heterocycles. The SMILES string of the molecule is c1ccc2c(c1)Cc1c(-c3cc(-c4cccc5c4sc4ccccc45)nc(-n4c5ccccc5c5cc(-n6c7ccccc7c7ccccc76)ccc54)n3)cccc1-2. The molecule has 4 heterocycles. The Morgan fingerprint density at radius 1 is 0.397 bits per heavy atom. The molecular weight excluding hydrogens is 725 g/mol. The Labute approximate surface area is 337 Å².